The van der Waals surface area contributed by atoms with E-state index in [-0.39, 0.29) is 11.4 Å². The molecule has 7 nitrogen and oxygen atoms in total. The van der Waals surface area contributed by atoms with Gasteiger partial charge in [-0.3, -0.25) is 9.48 Å². The van der Waals surface area contributed by atoms with Crippen molar-refractivity contribution in [2.75, 3.05) is 5.32 Å². The molecule has 0 unspecified atom stereocenters. The van der Waals surface area contributed by atoms with Crippen molar-refractivity contribution in [3.8, 4) is 11.4 Å². The van der Waals surface area contributed by atoms with Gasteiger partial charge in [0.15, 0.2) is 5.82 Å². The number of aryl methyl sites for hydroxylation is 1. The van der Waals surface area contributed by atoms with E-state index in [2.05, 4.69) is 41.4 Å². The molecule has 0 radical (unpaired) electrons. The predicted octanol–water partition coefficient (Wildman–Crippen LogP) is 2.99. The van der Waals surface area contributed by atoms with Gasteiger partial charge in [-0.05, 0) is 39.8 Å². The van der Waals surface area contributed by atoms with E-state index in [0.29, 0.717) is 11.3 Å². The highest BCUT2D eigenvalue weighted by Crippen LogP contribution is 2.22. The number of amides is 1. The van der Waals surface area contributed by atoms with Gasteiger partial charge >= 0.3 is 0 Å². The van der Waals surface area contributed by atoms with E-state index in [1.807, 2.05) is 47.5 Å². The fourth-order valence-electron chi connectivity index (χ4n) is 2.79. The minimum absolute atomic E-state index is 0.173. The Morgan fingerprint density at radius 2 is 2.00 bits per heavy atom. The van der Waals surface area contributed by atoms with Crippen LogP contribution in [0.3, 0.4) is 0 Å². The molecule has 1 N–H and O–H groups in total. The molecule has 0 bridgehead atoms. The van der Waals surface area contributed by atoms with Crippen LogP contribution < -0.4 is 5.32 Å². The lowest BCUT2D eigenvalue weighted by Gasteiger charge is -2.21. The third-order valence-electron chi connectivity index (χ3n) is 3.98. The van der Waals surface area contributed by atoms with Crippen molar-refractivity contribution < 1.29 is 4.79 Å². The van der Waals surface area contributed by atoms with Gasteiger partial charge in [-0.2, -0.15) is 5.10 Å². The molecule has 25 heavy (non-hydrogen) atoms. The Bertz CT molecular complexity index is 916. The lowest BCUT2D eigenvalue weighted by atomic mass is 10.1. The SMILES string of the molecule is Cc1c(C(=O)Nc2cccc(-c3nncn3C)c2)cnn1C(C)(C)C. The van der Waals surface area contributed by atoms with E-state index in [1.54, 1.807) is 12.5 Å². The molecular formula is C18H22N6O. The first kappa shape index (κ1) is 16.9. The Balaban J connectivity index is 1.85. The molecule has 2 aromatic heterocycles. The average molecular weight is 338 g/mol. The maximum absolute atomic E-state index is 12.6. The highest BCUT2D eigenvalue weighted by molar-refractivity contribution is 6.05. The monoisotopic (exact) mass is 338 g/mol. The number of hydrogen-bond donors (Lipinski definition) is 1. The van der Waals surface area contributed by atoms with Crippen molar-refractivity contribution in [2.24, 2.45) is 7.05 Å². The van der Waals surface area contributed by atoms with Gasteiger partial charge in [0, 0.05) is 24.0 Å². The topological polar surface area (TPSA) is 77.6 Å². The molecule has 0 saturated carbocycles. The second kappa shape index (κ2) is 6.16. The Morgan fingerprint density at radius 3 is 2.60 bits per heavy atom. The van der Waals surface area contributed by atoms with E-state index in [4.69, 9.17) is 0 Å². The molecule has 2 heterocycles. The largest absolute Gasteiger partial charge is 0.322 e. The van der Waals surface area contributed by atoms with Crippen molar-refractivity contribution >= 4 is 11.6 Å². The predicted molar refractivity (Wildman–Crippen MR) is 96.4 cm³/mol. The lowest BCUT2D eigenvalue weighted by Crippen LogP contribution is -2.25. The van der Waals surface area contributed by atoms with Crippen LogP contribution in [0.4, 0.5) is 5.69 Å². The van der Waals surface area contributed by atoms with Crippen molar-refractivity contribution in [2.45, 2.75) is 33.2 Å². The van der Waals surface area contributed by atoms with Crippen molar-refractivity contribution in [3.05, 3.63) is 48.0 Å². The molecule has 130 valence electrons. The number of rotatable bonds is 3. The summed E-state index contributed by atoms with van der Waals surface area (Å²) in [7, 11) is 1.88. The van der Waals surface area contributed by atoms with Crippen LogP contribution in [0.2, 0.25) is 0 Å². The van der Waals surface area contributed by atoms with Gasteiger partial charge in [-0.1, -0.05) is 12.1 Å². The molecule has 0 aliphatic rings. The summed E-state index contributed by atoms with van der Waals surface area (Å²) < 4.78 is 3.69. The highest BCUT2D eigenvalue weighted by Gasteiger charge is 2.21. The third kappa shape index (κ3) is 3.31. The Kier molecular flexibility index (Phi) is 4.16. The van der Waals surface area contributed by atoms with Crippen LogP contribution in [-0.2, 0) is 12.6 Å². The van der Waals surface area contributed by atoms with E-state index >= 15 is 0 Å². The standard InChI is InChI=1S/C18H22N6O/c1-12-15(10-20-24(12)18(2,3)4)17(25)21-14-8-6-7-13(9-14)16-22-19-11-23(16)5/h6-11H,1-5H3,(H,21,25). The number of anilines is 1. The summed E-state index contributed by atoms with van der Waals surface area (Å²) in [6, 6.07) is 7.54. The van der Waals surface area contributed by atoms with E-state index in [9.17, 15) is 4.79 Å². The molecule has 3 aromatic rings. The molecule has 0 spiro atoms. The molecule has 3 rings (SSSR count). The maximum atomic E-state index is 12.6. The van der Waals surface area contributed by atoms with Crippen LogP contribution in [0.25, 0.3) is 11.4 Å². The maximum Gasteiger partial charge on any atom is 0.259 e. The molecule has 7 heteroatoms. The van der Waals surface area contributed by atoms with Gasteiger partial charge in [-0.15, -0.1) is 10.2 Å². The van der Waals surface area contributed by atoms with Gasteiger partial charge in [0.1, 0.15) is 6.33 Å². The molecule has 1 aromatic carbocycles. The lowest BCUT2D eigenvalue weighted by molar-refractivity contribution is 0.102. The number of aromatic nitrogens is 5. The second-order valence-corrected chi connectivity index (χ2v) is 7.03. The fourth-order valence-corrected chi connectivity index (χ4v) is 2.79. The summed E-state index contributed by atoms with van der Waals surface area (Å²) >= 11 is 0. The summed E-state index contributed by atoms with van der Waals surface area (Å²) in [6.07, 6.45) is 3.26. The normalized spacial score (nSPS) is 11.6. The summed E-state index contributed by atoms with van der Waals surface area (Å²) in [5, 5.41) is 15.3. The number of nitrogens with one attached hydrogen (secondary N) is 1. The Hall–Kier alpha value is -2.96. The van der Waals surface area contributed by atoms with Gasteiger partial charge in [-0.25, -0.2) is 0 Å². The molecule has 0 atom stereocenters. The van der Waals surface area contributed by atoms with Crippen molar-refractivity contribution in [1.29, 1.82) is 0 Å². The molecule has 0 aliphatic carbocycles. The average Bonchev–Trinajstić information content (AvgIpc) is 3.12. The first-order chi connectivity index (χ1) is 11.8. The van der Waals surface area contributed by atoms with Gasteiger partial charge < -0.3 is 9.88 Å². The Labute approximate surface area is 146 Å². The minimum atomic E-state index is -0.178. The molecule has 0 aliphatic heterocycles. The minimum Gasteiger partial charge on any atom is -0.322 e. The zero-order chi connectivity index (χ0) is 18.2. The first-order valence-corrected chi connectivity index (χ1v) is 8.08. The Morgan fingerprint density at radius 1 is 1.24 bits per heavy atom. The quantitative estimate of drug-likeness (QED) is 0.796. The second-order valence-electron chi connectivity index (χ2n) is 7.03. The summed E-state index contributed by atoms with van der Waals surface area (Å²) in [4.78, 5) is 12.6. The summed E-state index contributed by atoms with van der Waals surface area (Å²) in [5.41, 5.74) is 2.83. The van der Waals surface area contributed by atoms with Crippen molar-refractivity contribution in [1.82, 2.24) is 24.5 Å². The van der Waals surface area contributed by atoms with Gasteiger partial charge in [0.2, 0.25) is 0 Å². The zero-order valence-electron chi connectivity index (χ0n) is 15.1. The van der Waals surface area contributed by atoms with Crippen molar-refractivity contribution in [3.63, 3.8) is 0 Å². The van der Waals surface area contributed by atoms with E-state index in [1.165, 1.54) is 0 Å². The molecule has 1 amide bonds. The number of nitrogens with zero attached hydrogens (tertiary/aromatic N) is 5. The van der Waals surface area contributed by atoms with E-state index in [0.717, 1.165) is 17.1 Å². The van der Waals surface area contributed by atoms with Crippen LogP contribution in [0, 0.1) is 6.92 Å². The molecular weight excluding hydrogens is 316 g/mol. The van der Waals surface area contributed by atoms with Gasteiger partial charge in [0.25, 0.3) is 5.91 Å². The van der Waals surface area contributed by atoms with Crippen LogP contribution in [0.5, 0.6) is 0 Å². The van der Waals surface area contributed by atoms with Crippen LogP contribution >= 0.6 is 0 Å². The fraction of sp³-hybridized carbons (Fsp3) is 0.333. The van der Waals surface area contributed by atoms with Crippen LogP contribution in [-0.4, -0.2) is 30.5 Å². The number of carbonyl (C=O) groups excluding carboxylic acids is 1. The molecule has 0 saturated heterocycles. The van der Waals surface area contributed by atoms with Crippen LogP contribution in [0.15, 0.2) is 36.8 Å². The highest BCUT2D eigenvalue weighted by atomic mass is 16.1. The number of hydrogen-bond acceptors (Lipinski definition) is 4. The summed E-state index contributed by atoms with van der Waals surface area (Å²) in [6.45, 7) is 8.07. The van der Waals surface area contributed by atoms with E-state index < -0.39 is 0 Å². The first-order valence-electron chi connectivity index (χ1n) is 8.08. The number of carbonyl (C=O) groups is 1. The summed E-state index contributed by atoms with van der Waals surface area (Å²) in [5.74, 6) is 0.566. The van der Waals surface area contributed by atoms with Crippen LogP contribution in [0.1, 0.15) is 36.8 Å². The zero-order valence-corrected chi connectivity index (χ0v) is 15.1. The smallest absolute Gasteiger partial charge is 0.259 e. The van der Waals surface area contributed by atoms with Gasteiger partial charge in [0.05, 0.1) is 17.3 Å². The number of benzene rings is 1. The molecule has 0 fully saturated rings. The third-order valence-corrected chi connectivity index (χ3v) is 3.98.